The molecule has 51 heavy (non-hydrogen) atoms. The van der Waals surface area contributed by atoms with Crippen molar-refractivity contribution in [3.8, 4) is 45.3 Å². The van der Waals surface area contributed by atoms with E-state index in [1.807, 2.05) is 84.6 Å². The van der Waals surface area contributed by atoms with Gasteiger partial charge in [0.1, 0.15) is 39.6 Å². The number of pyridine rings is 2. The number of likely N-dealkylation sites (tertiary alicyclic amines) is 1. The highest BCUT2D eigenvalue weighted by Gasteiger charge is 2.34. The lowest BCUT2D eigenvalue weighted by atomic mass is 10.0. The number of phenolic OH excluding ortho intramolecular Hbond substituents is 2. The van der Waals surface area contributed by atoms with Crippen molar-refractivity contribution in [2.24, 2.45) is 11.8 Å². The molecule has 12 nitrogen and oxygen atoms in total. The van der Waals surface area contributed by atoms with Crippen molar-refractivity contribution in [2.75, 3.05) is 39.4 Å². The van der Waals surface area contributed by atoms with E-state index in [4.69, 9.17) is 14.2 Å². The van der Waals surface area contributed by atoms with E-state index in [0.29, 0.717) is 32.2 Å². The molecule has 0 saturated carbocycles. The number of aromatic nitrogens is 4. The molecule has 0 atom stereocenters. The van der Waals surface area contributed by atoms with E-state index in [-0.39, 0.29) is 23.5 Å². The molecule has 4 aromatic heterocycles. The van der Waals surface area contributed by atoms with Gasteiger partial charge in [-0.25, -0.2) is 14.8 Å². The minimum atomic E-state index is -0.485. The van der Waals surface area contributed by atoms with Crippen LogP contribution in [0.4, 0.5) is 4.79 Å². The lowest BCUT2D eigenvalue weighted by molar-refractivity contribution is -0.00775. The number of benzene rings is 2. The average Bonchev–Trinajstić information content (AvgIpc) is 3.73. The van der Waals surface area contributed by atoms with Crippen LogP contribution in [0.2, 0.25) is 0 Å². The summed E-state index contributed by atoms with van der Waals surface area (Å²) in [6.07, 6.45) is 10.8. The third-order valence-electron chi connectivity index (χ3n) is 8.79. The number of hydrogen-bond acceptors (Lipinski definition) is 9. The van der Waals surface area contributed by atoms with Crippen molar-refractivity contribution >= 4 is 17.1 Å². The Labute approximate surface area is 295 Å². The molecule has 3 N–H and O–H groups in total. The summed E-state index contributed by atoms with van der Waals surface area (Å²) in [6.45, 7) is 10.1. The highest BCUT2D eigenvalue weighted by atomic mass is 16.6. The molecule has 1 amide bonds. The number of nitrogens with zero attached hydrogens (tertiary/aromatic N) is 5. The second kappa shape index (κ2) is 14.2. The topological polar surface area (TPSA) is 135 Å². The van der Waals surface area contributed by atoms with E-state index in [2.05, 4.69) is 15.3 Å². The van der Waals surface area contributed by atoms with Crippen LogP contribution >= 0.6 is 0 Å². The van der Waals surface area contributed by atoms with Crippen molar-refractivity contribution in [1.82, 2.24) is 29.0 Å². The van der Waals surface area contributed by atoms with Crippen LogP contribution in [-0.4, -0.2) is 85.0 Å². The van der Waals surface area contributed by atoms with Gasteiger partial charge in [-0.05, 0) is 68.3 Å². The van der Waals surface area contributed by atoms with Gasteiger partial charge in [-0.1, -0.05) is 24.3 Å². The normalized spacial score (nSPS) is 14.8. The molecule has 2 aliphatic heterocycles. The number of aromatic hydroxyl groups is 2. The molecule has 2 aliphatic rings. The van der Waals surface area contributed by atoms with Gasteiger partial charge < -0.3 is 43.4 Å². The molecule has 6 heterocycles. The Morgan fingerprint density at radius 3 is 1.65 bits per heavy atom. The fraction of sp³-hybridized carbons (Fsp3) is 0.308. The Hall–Kier alpha value is -5.75. The second-order valence-electron chi connectivity index (χ2n) is 14.0. The number of rotatable bonds is 8. The Kier molecular flexibility index (Phi) is 9.42. The predicted octanol–water partition coefficient (Wildman–Crippen LogP) is 6.26. The number of carbonyl (C=O) groups is 1. The Morgan fingerprint density at radius 1 is 0.745 bits per heavy atom. The van der Waals surface area contributed by atoms with Gasteiger partial charge in [0.2, 0.25) is 0 Å². The largest absolute Gasteiger partial charge is 0.508 e. The molecule has 0 unspecified atom stereocenters. The van der Waals surface area contributed by atoms with Crippen LogP contribution in [0.1, 0.15) is 20.8 Å². The summed E-state index contributed by atoms with van der Waals surface area (Å²) in [5, 5.41) is 22.2. The molecule has 8 rings (SSSR count). The first-order valence-corrected chi connectivity index (χ1v) is 17.0. The quantitative estimate of drug-likeness (QED) is 0.169. The molecule has 6 aromatic rings. The summed E-state index contributed by atoms with van der Waals surface area (Å²) in [5.41, 5.74) is 5.37. The third-order valence-corrected chi connectivity index (χ3v) is 8.79. The number of carbonyl (C=O) groups excluding carboxylic acids is 1. The molecule has 2 fully saturated rings. The summed E-state index contributed by atoms with van der Waals surface area (Å²) in [6, 6.07) is 18.2. The number of ether oxygens (including phenoxy) is 3. The number of imidazole rings is 2. The molecular formula is C39H42N6O6. The Morgan fingerprint density at radius 2 is 1.22 bits per heavy atom. The van der Waals surface area contributed by atoms with E-state index < -0.39 is 5.60 Å². The van der Waals surface area contributed by atoms with Gasteiger partial charge in [0.05, 0.1) is 38.3 Å². The molecule has 2 saturated heterocycles. The van der Waals surface area contributed by atoms with Crippen molar-refractivity contribution < 1.29 is 29.2 Å². The van der Waals surface area contributed by atoms with Crippen LogP contribution in [0.5, 0.6) is 23.0 Å². The van der Waals surface area contributed by atoms with Crippen molar-refractivity contribution in [3.63, 3.8) is 0 Å². The minimum absolute atomic E-state index is 0.230. The fourth-order valence-corrected chi connectivity index (χ4v) is 5.89. The van der Waals surface area contributed by atoms with E-state index >= 15 is 0 Å². The van der Waals surface area contributed by atoms with Gasteiger partial charge in [-0.2, -0.15) is 0 Å². The van der Waals surface area contributed by atoms with Gasteiger partial charge in [0.15, 0.2) is 0 Å². The van der Waals surface area contributed by atoms with Gasteiger partial charge in [0.25, 0.3) is 0 Å². The maximum Gasteiger partial charge on any atom is 0.410 e. The maximum atomic E-state index is 12.1. The van der Waals surface area contributed by atoms with Gasteiger partial charge in [-0.15, -0.1) is 0 Å². The summed E-state index contributed by atoms with van der Waals surface area (Å²) in [7, 11) is 0. The number of fused-ring (bicyclic) bond motifs is 2. The van der Waals surface area contributed by atoms with Crippen LogP contribution in [0, 0.1) is 11.8 Å². The van der Waals surface area contributed by atoms with Gasteiger partial charge in [0, 0.05) is 61.5 Å². The fourth-order valence-electron chi connectivity index (χ4n) is 5.89. The maximum absolute atomic E-state index is 12.1. The number of phenols is 2. The minimum Gasteiger partial charge on any atom is -0.508 e. The first-order valence-electron chi connectivity index (χ1n) is 17.0. The lowest BCUT2D eigenvalue weighted by Crippen LogP contribution is -2.53. The monoisotopic (exact) mass is 690 g/mol. The molecule has 12 heteroatoms. The van der Waals surface area contributed by atoms with Gasteiger partial charge in [-0.3, -0.25) is 0 Å². The molecule has 0 radical (unpaired) electrons. The summed E-state index contributed by atoms with van der Waals surface area (Å²) in [4.78, 5) is 22.2. The Bertz CT molecular complexity index is 2110. The third kappa shape index (κ3) is 8.02. The predicted molar refractivity (Wildman–Crippen MR) is 193 cm³/mol. The van der Waals surface area contributed by atoms with Crippen LogP contribution in [0.3, 0.4) is 0 Å². The van der Waals surface area contributed by atoms with E-state index in [1.165, 1.54) is 0 Å². The molecule has 0 aliphatic carbocycles. The zero-order valence-electron chi connectivity index (χ0n) is 28.9. The summed E-state index contributed by atoms with van der Waals surface area (Å²) < 4.78 is 21.4. The van der Waals surface area contributed by atoms with Crippen LogP contribution < -0.4 is 14.8 Å². The van der Waals surface area contributed by atoms with Crippen LogP contribution in [-0.2, 0) is 4.74 Å². The summed E-state index contributed by atoms with van der Waals surface area (Å²) in [5.74, 6) is 2.93. The van der Waals surface area contributed by atoms with E-state index in [0.717, 1.165) is 57.9 Å². The Balaban J connectivity index is 0.000000165. The zero-order valence-corrected chi connectivity index (χ0v) is 28.9. The highest BCUT2D eigenvalue weighted by Crippen LogP contribution is 2.31. The summed E-state index contributed by atoms with van der Waals surface area (Å²) >= 11 is 0. The van der Waals surface area contributed by atoms with E-state index in [9.17, 15) is 15.0 Å². The second-order valence-corrected chi connectivity index (χ2v) is 14.0. The molecule has 2 aromatic carbocycles. The zero-order chi connectivity index (χ0) is 35.5. The van der Waals surface area contributed by atoms with Crippen LogP contribution in [0.15, 0.2) is 98.1 Å². The SMILES string of the molecule is CC(C)(C)OC(=O)N1CC(COc2cc(-c3ccc(O)cc3)cn3cncc23)C1.Oc1ccc(-c2cc(OCC3CNC3)c3cncn3c2)cc1. The number of hydrogen-bond donors (Lipinski definition) is 3. The first kappa shape index (κ1) is 33.7. The average molecular weight is 691 g/mol. The lowest BCUT2D eigenvalue weighted by Gasteiger charge is -2.39. The van der Waals surface area contributed by atoms with Crippen molar-refractivity contribution in [1.29, 1.82) is 0 Å². The number of nitrogens with one attached hydrogen (secondary N) is 1. The van der Waals surface area contributed by atoms with Crippen molar-refractivity contribution in [3.05, 3.63) is 98.1 Å². The van der Waals surface area contributed by atoms with E-state index in [1.54, 1.807) is 48.0 Å². The molecular weight excluding hydrogens is 648 g/mol. The van der Waals surface area contributed by atoms with Gasteiger partial charge >= 0.3 is 6.09 Å². The smallest absolute Gasteiger partial charge is 0.410 e. The molecule has 0 spiro atoms. The van der Waals surface area contributed by atoms with Crippen LogP contribution in [0.25, 0.3) is 33.3 Å². The molecule has 0 bridgehead atoms. The standard InChI is InChI=1S/C22H25N3O4.C17H17N3O2/c1-22(2,3)29-21(27)24-10-15(11-24)13-28-20-8-17(12-25-14-23-9-19(20)25)16-4-6-18(26)7-5-16;21-15-3-1-13(2-4-15)14-5-17(22-10-12-6-18-7-12)16-8-19-11-20(16)9-14/h4-9,12,14-15,26H,10-11,13H2,1-3H3;1-5,8-9,11-12,18,21H,6-7,10H2. The molecule has 264 valence electrons. The van der Waals surface area contributed by atoms with Crippen molar-refractivity contribution in [2.45, 2.75) is 26.4 Å². The number of amides is 1. The first-order chi connectivity index (χ1) is 24.6. The highest BCUT2D eigenvalue weighted by molar-refractivity contribution is 5.72.